The fraction of sp³-hybridized carbons (Fsp3) is 0.825. The summed E-state index contributed by atoms with van der Waals surface area (Å²) in [6, 6.07) is -0.710. The summed E-state index contributed by atoms with van der Waals surface area (Å²) in [6.45, 7) is 6.38. The van der Waals surface area contributed by atoms with Crippen molar-refractivity contribution in [3.05, 3.63) is 48.6 Å². The Morgan fingerprint density at radius 2 is 0.857 bits per heavy atom. The Balaban J connectivity index is 4.58. The van der Waals surface area contributed by atoms with Gasteiger partial charge < -0.3 is 20.3 Å². The Bertz CT molecular complexity index is 1080. The van der Waals surface area contributed by atoms with Crippen LogP contribution in [0.5, 0.6) is 0 Å². The second-order valence-electron chi connectivity index (χ2n) is 18.6. The highest BCUT2D eigenvalue weighted by molar-refractivity contribution is 5.77. The van der Waals surface area contributed by atoms with E-state index < -0.39 is 18.2 Å². The van der Waals surface area contributed by atoms with Crippen LogP contribution in [0.4, 0.5) is 0 Å². The van der Waals surface area contributed by atoms with Crippen molar-refractivity contribution in [2.24, 2.45) is 0 Å². The quantitative estimate of drug-likeness (QED) is 0.0321. The maximum absolute atomic E-state index is 13.2. The van der Waals surface area contributed by atoms with Crippen LogP contribution in [0.25, 0.3) is 0 Å². The minimum atomic E-state index is -0.795. The summed E-state index contributed by atoms with van der Waals surface area (Å²) < 4.78 is 5.94. The second-order valence-corrected chi connectivity index (χ2v) is 18.6. The molecule has 0 radical (unpaired) electrons. The molecule has 63 heavy (non-hydrogen) atoms. The number of hydrogen-bond donors (Lipinski definition) is 3. The maximum atomic E-state index is 13.2. The Labute approximate surface area is 391 Å². The predicted octanol–water partition coefficient (Wildman–Crippen LogP) is 16.6. The lowest BCUT2D eigenvalue weighted by Gasteiger charge is -2.24. The van der Waals surface area contributed by atoms with Crippen LogP contribution in [0.15, 0.2) is 48.6 Å². The van der Waals surface area contributed by atoms with E-state index in [1.165, 1.54) is 135 Å². The van der Waals surface area contributed by atoms with Gasteiger partial charge in [0.1, 0.15) is 6.10 Å². The van der Waals surface area contributed by atoms with Crippen molar-refractivity contribution in [3.8, 4) is 0 Å². The molecule has 0 spiro atoms. The molecule has 0 heterocycles. The second kappa shape index (κ2) is 50.8. The zero-order valence-corrected chi connectivity index (χ0v) is 42.0. The van der Waals surface area contributed by atoms with Gasteiger partial charge in [0.15, 0.2) is 0 Å². The number of unbranched alkanes of at least 4 members (excludes halogenated alkanes) is 29. The third-order valence-corrected chi connectivity index (χ3v) is 12.4. The maximum Gasteiger partial charge on any atom is 0.306 e. The largest absolute Gasteiger partial charge is 0.462 e. The summed E-state index contributed by atoms with van der Waals surface area (Å²) in [5.74, 6) is -0.498. The predicted molar refractivity (Wildman–Crippen MR) is 273 cm³/mol. The number of nitrogens with one attached hydrogen (secondary N) is 1. The van der Waals surface area contributed by atoms with E-state index in [-0.39, 0.29) is 24.9 Å². The van der Waals surface area contributed by atoms with Crippen LogP contribution in [-0.4, -0.2) is 46.9 Å². The molecule has 0 aliphatic rings. The van der Waals surface area contributed by atoms with Gasteiger partial charge in [-0.05, 0) is 83.5 Å². The minimum Gasteiger partial charge on any atom is -0.462 e. The van der Waals surface area contributed by atoms with E-state index in [1.807, 2.05) is 0 Å². The molecule has 0 saturated carbocycles. The fourth-order valence-electron chi connectivity index (χ4n) is 8.26. The fourth-order valence-corrected chi connectivity index (χ4v) is 8.26. The number of carbonyl (C=O) groups excluding carboxylic acids is 2. The van der Waals surface area contributed by atoms with Crippen molar-refractivity contribution in [3.63, 3.8) is 0 Å². The number of aliphatic hydroxyl groups is 2. The molecule has 0 rings (SSSR count). The molecule has 3 unspecified atom stereocenters. The average molecular weight is 884 g/mol. The van der Waals surface area contributed by atoms with E-state index in [4.69, 9.17) is 4.74 Å². The lowest BCUT2D eigenvalue weighted by atomic mass is 10.0. The SMILES string of the molecule is CC/C=C/C/C=C/C/C=C/CCCCCCC(CC(=O)NC(CO)C(O)CCCCCCCCCCCCCC)OC(=O)CCCCCCC/C=C/CCCCCCCCCCC. The number of aliphatic hydroxyl groups excluding tert-OH is 2. The Morgan fingerprint density at radius 1 is 0.476 bits per heavy atom. The van der Waals surface area contributed by atoms with Crippen molar-refractivity contribution in [2.45, 2.75) is 296 Å². The van der Waals surface area contributed by atoms with Gasteiger partial charge in [-0.1, -0.05) is 230 Å². The number of ether oxygens (including phenoxy) is 1. The molecule has 3 atom stereocenters. The van der Waals surface area contributed by atoms with Gasteiger partial charge in [0.05, 0.1) is 25.2 Å². The van der Waals surface area contributed by atoms with Gasteiger partial charge in [-0.3, -0.25) is 9.59 Å². The van der Waals surface area contributed by atoms with Crippen LogP contribution in [0, 0.1) is 0 Å². The minimum absolute atomic E-state index is 0.0602. The van der Waals surface area contributed by atoms with Gasteiger partial charge in [-0.15, -0.1) is 0 Å². The van der Waals surface area contributed by atoms with E-state index >= 15 is 0 Å². The van der Waals surface area contributed by atoms with Gasteiger partial charge >= 0.3 is 5.97 Å². The van der Waals surface area contributed by atoms with Crippen LogP contribution in [0.2, 0.25) is 0 Å². The van der Waals surface area contributed by atoms with Crippen molar-refractivity contribution < 1.29 is 24.5 Å². The summed E-state index contributed by atoms with van der Waals surface area (Å²) in [4.78, 5) is 26.2. The molecule has 0 aromatic rings. The van der Waals surface area contributed by atoms with Gasteiger partial charge in [0.25, 0.3) is 0 Å². The van der Waals surface area contributed by atoms with Crippen molar-refractivity contribution in [2.75, 3.05) is 6.61 Å². The zero-order valence-electron chi connectivity index (χ0n) is 42.0. The molecule has 0 aromatic carbocycles. The lowest BCUT2D eigenvalue weighted by molar-refractivity contribution is -0.151. The Morgan fingerprint density at radius 3 is 1.32 bits per heavy atom. The third-order valence-electron chi connectivity index (χ3n) is 12.4. The molecular weight excluding hydrogens is 779 g/mol. The summed E-state index contributed by atoms with van der Waals surface area (Å²) in [6.07, 6.45) is 61.7. The molecule has 0 bridgehead atoms. The van der Waals surface area contributed by atoms with Crippen LogP contribution in [0.3, 0.4) is 0 Å². The smallest absolute Gasteiger partial charge is 0.306 e. The number of rotatable bonds is 49. The van der Waals surface area contributed by atoms with E-state index in [0.717, 1.165) is 96.3 Å². The molecule has 1 amide bonds. The first kappa shape index (κ1) is 60.8. The Hall–Kier alpha value is -2.18. The molecule has 6 heteroatoms. The number of amides is 1. The molecule has 0 fully saturated rings. The number of carbonyl (C=O) groups is 2. The Kier molecular flexibility index (Phi) is 49.1. The van der Waals surface area contributed by atoms with E-state index in [1.54, 1.807) is 0 Å². The molecule has 0 aliphatic carbocycles. The monoisotopic (exact) mass is 884 g/mol. The third kappa shape index (κ3) is 46.2. The normalized spacial score (nSPS) is 13.5. The first-order valence-electron chi connectivity index (χ1n) is 27.4. The molecule has 368 valence electrons. The molecule has 0 saturated heterocycles. The van der Waals surface area contributed by atoms with Gasteiger partial charge in [-0.2, -0.15) is 0 Å². The van der Waals surface area contributed by atoms with E-state index in [2.05, 4.69) is 74.7 Å². The average Bonchev–Trinajstić information content (AvgIpc) is 3.28. The first-order chi connectivity index (χ1) is 31.0. The molecule has 6 nitrogen and oxygen atoms in total. The zero-order chi connectivity index (χ0) is 45.9. The standard InChI is InChI=1S/C57H105NO5/c1-4-7-10-13-16-19-22-25-27-28-29-30-32-35-38-41-44-47-50-57(62)63-53(48-45-42-39-36-33-31-26-23-20-17-14-11-8-5-2)51-56(61)58-54(52-59)55(60)49-46-43-40-37-34-24-21-18-15-12-9-6-3/h8,11,17,20,26,29-31,53-55,59-60H,4-7,9-10,12-16,18-19,21-25,27-28,32-52H2,1-3H3,(H,58,61)/b11-8+,20-17+,30-29+,31-26+. The summed E-state index contributed by atoms with van der Waals surface area (Å²) in [7, 11) is 0. The summed E-state index contributed by atoms with van der Waals surface area (Å²) in [5.41, 5.74) is 0. The summed E-state index contributed by atoms with van der Waals surface area (Å²) >= 11 is 0. The van der Waals surface area contributed by atoms with E-state index in [0.29, 0.717) is 19.3 Å². The topological polar surface area (TPSA) is 95.9 Å². The molecule has 0 aromatic heterocycles. The highest BCUT2D eigenvalue weighted by Crippen LogP contribution is 2.18. The number of allylic oxidation sites excluding steroid dienone is 8. The highest BCUT2D eigenvalue weighted by atomic mass is 16.5. The van der Waals surface area contributed by atoms with Crippen molar-refractivity contribution in [1.82, 2.24) is 5.32 Å². The summed E-state index contributed by atoms with van der Waals surface area (Å²) in [5, 5.41) is 23.8. The van der Waals surface area contributed by atoms with Gasteiger partial charge in [0, 0.05) is 6.42 Å². The van der Waals surface area contributed by atoms with Gasteiger partial charge in [-0.25, -0.2) is 0 Å². The van der Waals surface area contributed by atoms with Crippen molar-refractivity contribution >= 4 is 11.9 Å². The van der Waals surface area contributed by atoms with Crippen LogP contribution in [0.1, 0.15) is 278 Å². The molecular formula is C57H105NO5. The van der Waals surface area contributed by atoms with Crippen LogP contribution < -0.4 is 5.32 Å². The number of esters is 1. The molecule has 3 N–H and O–H groups in total. The van der Waals surface area contributed by atoms with E-state index in [9.17, 15) is 19.8 Å². The van der Waals surface area contributed by atoms with Crippen LogP contribution in [-0.2, 0) is 14.3 Å². The van der Waals surface area contributed by atoms with Crippen molar-refractivity contribution in [1.29, 1.82) is 0 Å². The van der Waals surface area contributed by atoms with Gasteiger partial charge in [0.2, 0.25) is 5.91 Å². The number of hydrogen-bond acceptors (Lipinski definition) is 5. The van der Waals surface area contributed by atoms with Crippen LogP contribution >= 0.6 is 0 Å². The first-order valence-corrected chi connectivity index (χ1v) is 27.4. The molecule has 0 aliphatic heterocycles. The lowest BCUT2D eigenvalue weighted by Crippen LogP contribution is -2.46. The highest BCUT2D eigenvalue weighted by Gasteiger charge is 2.24.